The van der Waals surface area contributed by atoms with Gasteiger partial charge in [-0.1, -0.05) is 37.7 Å². The van der Waals surface area contributed by atoms with Gasteiger partial charge in [-0.2, -0.15) is 4.99 Å². The monoisotopic (exact) mass is 410 g/mol. The zero-order valence-electron chi connectivity index (χ0n) is 15.9. The molecule has 0 saturated carbocycles. The summed E-state index contributed by atoms with van der Waals surface area (Å²) in [6.07, 6.45) is 1.52. The fourth-order valence-electron chi connectivity index (χ4n) is 3.61. The van der Waals surface area contributed by atoms with Crippen molar-refractivity contribution in [3.8, 4) is 5.75 Å². The van der Waals surface area contributed by atoms with E-state index in [2.05, 4.69) is 4.99 Å². The third-order valence-electron chi connectivity index (χ3n) is 5.20. The van der Waals surface area contributed by atoms with E-state index in [1.165, 1.54) is 11.8 Å². The summed E-state index contributed by atoms with van der Waals surface area (Å²) in [5.41, 5.74) is 1.00. The summed E-state index contributed by atoms with van der Waals surface area (Å²) in [6, 6.07) is 7.55. The lowest BCUT2D eigenvalue weighted by Crippen LogP contribution is -2.37. The second kappa shape index (κ2) is 8.22. The van der Waals surface area contributed by atoms with Crippen LogP contribution in [-0.4, -0.2) is 54.3 Å². The molecule has 148 valence electrons. The second-order valence-electron chi connectivity index (χ2n) is 7.03. The van der Waals surface area contributed by atoms with E-state index in [9.17, 15) is 13.2 Å². The average molecular weight is 411 g/mol. The van der Waals surface area contributed by atoms with Crippen LogP contribution in [0.4, 0.5) is 0 Å². The first kappa shape index (κ1) is 20.2. The molecule has 0 radical (unpaired) electrons. The average Bonchev–Trinajstić information content (AvgIpc) is 3.08. The zero-order valence-corrected chi connectivity index (χ0v) is 17.6. The molecule has 2 aliphatic rings. The maximum Gasteiger partial charge on any atom is 0.251 e. The summed E-state index contributed by atoms with van der Waals surface area (Å²) in [6.45, 7) is 4.49. The summed E-state index contributed by atoms with van der Waals surface area (Å²) in [7, 11) is -1.43. The standard InChI is InChI=1S/C19H26N2O4S2/c1-4-14(5-2)18(22)20-19-21(10-13-7-6-8-15(9-13)25-3)16-11-27(23,24)12-17(16)26-19/h6-9,14,16-17H,4-5,10-12H2,1-3H3. The number of methoxy groups -OCH3 is 1. The molecule has 2 unspecified atom stereocenters. The minimum atomic E-state index is -3.05. The summed E-state index contributed by atoms with van der Waals surface area (Å²) in [5.74, 6) is 0.825. The van der Waals surface area contributed by atoms with Crippen LogP contribution in [0.25, 0.3) is 0 Å². The van der Waals surface area contributed by atoms with Crippen LogP contribution in [0, 0.1) is 5.92 Å². The molecule has 8 heteroatoms. The summed E-state index contributed by atoms with van der Waals surface area (Å²) >= 11 is 1.43. The van der Waals surface area contributed by atoms with Crippen LogP contribution in [0.1, 0.15) is 32.3 Å². The SMILES string of the molecule is CCC(CC)C(=O)N=C1SC2CS(=O)(=O)CC2N1Cc1cccc(OC)c1. The Morgan fingerprint density at radius 2 is 2.07 bits per heavy atom. The number of carbonyl (C=O) groups excluding carboxylic acids is 1. The van der Waals surface area contributed by atoms with Gasteiger partial charge in [0.25, 0.3) is 5.91 Å². The number of ether oxygens (including phenoxy) is 1. The number of amidine groups is 1. The Hall–Kier alpha value is -1.54. The van der Waals surface area contributed by atoms with E-state index in [1.807, 2.05) is 43.0 Å². The van der Waals surface area contributed by atoms with Gasteiger partial charge in [0.15, 0.2) is 15.0 Å². The summed E-state index contributed by atoms with van der Waals surface area (Å²) in [4.78, 5) is 18.9. The van der Waals surface area contributed by atoms with Crippen LogP contribution in [0.5, 0.6) is 5.75 Å². The van der Waals surface area contributed by atoms with Crippen molar-refractivity contribution in [2.75, 3.05) is 18.6 Å². The van der Waals surface area contributed by atoms with Crippen molar-refractivity contribution in [1.29, 1.82) is 0 Å². The number of fused-ring (bicyclic) bond motifs is 1. The van der Waals surface area contributed by atoms with E-state index in [0.717, 1.165) is 24.2 Å². The van der Waals surface area contributed by atoms with E-state index in [4.69, 9.17) is 4.74 Å². The van der Waals surface area contributed by atoms with Gasteiger partial charge in [0, 0.05) is 17.7 Å². The lowest BCUT2D eigenvalue weighted by Gasteiger charge is -2.25. The quantitative estimate of drug-likeness (QED) is 0.718. The van der Waals surface area contributed by atoms with Gasteiger partial charge in [-0.15, -0.1) is 0 Å². The molecule has 2 saturated heterocycles. The van der Waals surface area contributed by atoms with Crippen molar-refractivity contribution in [2.24, 2.45) is 10.9 Å². The van der Waals surface area contributed by atoms with E-state index in [0.29, 0.717) is 11.7 Å². The van der Waals surface area contributed by atoms with Crippen molar-refractivity contribution in [3.63, 3.8) is 0 Å². The van der Waals surface area contributed by atoms with Crippen LogP contribution in [0.3, 0.4) is 0 Å². The molecule has 27 heavy (non-hydrogen) atoms. The summed E-state index contributed by atoms with van der Waals surface area (Å²) < 4.78 is 29.5. The molecule has 0 spiro atoms. The fourth-order valence-corrected chi connectivity index (χ4v) is 7.57. The minimum Gasteiger partial charge on any atom is -0.497 e. The van der Waals surface area contributed by atoms with E-state index in [-0.39, 0.29) is 34.6 Å². The summed E-state index contributed by atoms with van der Waals surface area (Å²) in [5, 5.41) is 0.591. The number of carbonyl (C=O) groups is 1. The molecular weight excluding hydrogens is 384 g/mol. The first-order chi connectivity index (χ1) is 12.9. The first-order valence-corrected chi connectivity index (χ1v) is 12.0. The molecule has 0 aromatic heterocycles. The van der Waals surface area contributed by atoms with Gasteiger partial charge in [0.2, 0.25) is 0 Å². The maximum absolute atomic E-state index is 12.5. The second-order valence-corrected chi connectivity index (χ2v) is 10.4. The number of amides is 1. The Morgan fingerprint density at radius 3 is 2.74 bits per heavy atom. The Kier molecular flexibility index (Phi) is 6.15. The van der Waals surface area contributed by atoms with Gasteiger partial charge in [-0.3, -0.25) is 4.79 Å². The molecule has 3 rings (SSSR count). The third kappa shape index (κ3) is 4.48. The van der Waals surface area contributed by atoms with Gasteiger partial charge in [0.1, 0.15) is 5.75 Å². The highest BCUT2D eigenvalue weighted by Gasteiger charge is 2.48. The molecule has 1 aromatic carbocycles. The molecular formula is C19H26N2O4S2. The van der Waals surface area contributed by atoms with Gasteiger partial charge in [0.05, 0.1) is 24.7 Å². The Morgan fingerprint density at radius 1 is 1.33 bits per heavy atom. The van der Waals surface area contributed by atoms with Crippen molar-refractivity contribution >= 4 is 32.7 Å². The van der Waals surface area contributed by atoms with Gasteiger partial charge in [-0.05, 0) is 30.5 Å². The molecule has 0 N–H and O–H groups in total. The number of hydrogen-bond acceptors (Lipinski definition) is 5. The molecule has 6 nitrogen and oxygen atoms in total. The van der Waals surface area contributed by atoms with Crippen LogP contribution in [0.15, 0.2) is 29.3 Å². The molecule has 0 bridgehead atoms. The zero-order chi connectivity index (χ0) is 19.6. The van der Waals surface area contributed by atoms with Crippen LogP contribution >= 0.6 is 11.8 Å². The maximum atomic E-state index is 12.5. The highest BCUT2D eigenvalue weighted by atomic mass is 32.2. The smallest absolute Gasteiger partial charge is 0.251 e. The molecule has 1 amide bonds. The molecule has 2 heterocycles. The molecule has 1 aromatic rings. The largest absolute Gasteiger partial charge is 0.497 e. The molecule has 2 atom stereocenters. The normalized spacial score (nSPS) is 25.2. The molecule has 0 aliphatic carbocycles. The number of rotatable bonds is 6. The van der Waals surface area contributed by atoms with Crippen molar-refractivity contribution < 1.29 is 17.9 Å². The van der Waals surface area contributed by atoms with Gasteiger partial charge >= 0.3 is 0 Å². The number of hydrogen-bond donors (Lipinski definition) is 0. The Balaban J connectivity index is 1.89. The lowest BCUT2D eigenvalue weighted by molar-refractivity contribution is -0.121. The fraction of sp³-hybridized carbons (Fsp3) is 0.579. The molecule has 2 fully saturated rings. The number of thioether (sulfide) groups is 1. The topological polar surface area (TPSA) is 76.0 Å². The van der Waals surface area contributed by atoms with Crippen molar-refractivity contribution in [1.82, 2.24) is 4.90 Å². The predicted octanol–water partition coefficient (Wildman–Crippen LogP) is 2.73. The van der Waals surface area contributed by atoms with E-state index < -0.39 is 9.84 Å². The van der Waals surface area contributed by atoms with Crippen molar-refractivity contribution in [2.45, 2.75) is 44.5 Å². The van der Waals surface area contributed by atoms with E-state index in [1.54, 1.807) is 7.11 Å². The van der Waals surface area contributed by atoms with E-state index >= 15 is 0 Å². The predicted molar refractivity (Wildman–Crippen MR) is 109 cm³/mol. The third-order valence-corrected chi connectivity index (χ3v) is 8.45. The number of benzene rings is 1. The van der Waals surface area contributed by atoms with Gasteiger partial charge in [-0.25, -0.2) is 8.42 Å². The van der Waals surface area contributed by atoms with Crippen molar-refractivity contribution in [3.05, 3.63) is 29.8 Å². The minimum absolute atomic E-state index is 0.0612. The van der Waals surface area contributed by atoms with Crippen LogP contribution < -0.4 is 4.74 Å². The first-order valence-electron chi connectivity index (χ1n) is 9.26. The van der Waals surface area contributed by atoms with Gasteiger partial charge < -0.3 is 9.64 Å². The number of nitrogens with zero attached hydrogens (tertiary/aromatic N) is 2. The molecule has 2 aliphatic heterocycles. The lowest BCUT2D eigenvalue weighted by atomic mass is 10.0. The Bertz CT molecular complexity index is 834. The van der Waals surface area contributed by atoms with Crippen LogP contribution in [0.2, 0.25) is 0 Å². The highest BCUT2D eigenvalue weighted by Crippen LogP contribution is 2.39. The number of aliphatic imine (C=N–C) groups is 1. The van der Waals surface area contributed by atoms with Crippen LogP contribution in [-0.2, 0) is 21.2 Å². The highest BCUT2D eigenvalue weighted by molar-refractivity contribution is 8.15. The number of sulfone groups is 1. The Labute approximate surface area is 165 Å².